The molecule has 2 amide bonds. The van der Waals surface area contributed by atoms with Crippen molar-refractivity contribution in [3.8, 4) is 0 Å². The van der Waals surface area contributed by atoms with E-state index in [1.807, 2.05) is 30.3 Å². The Morgan fingerprint density at radius 3 is 2.19 bits per heavy atom. The van der Waals surface area contributed by atoms with Crippen LogP contribution in [0.2, 0.25) is 0 Å². The number of ether oxygens (including phenoxy) is 2. The van der Waals surface area contributed by atoms with Gasteiger partial charge in [-0.2, -0.15) is 0 Å². The SMILES string of the molecule is CCOC(=O)C(NC(=O)CNC(=O)OCc1ccccc1)c1ccccc1. The number of esters is 1. The van der Waals surface area contributed by atoms with Crippen LogP contribution in [0.4, 0.5) is 4.79 Å². The van der Waals surface area contributed by atoms with E-state index in [2.05, 4.69) is 10.6 Å². The van der Waals surface area contributed by atoms with Crippen molar-refractivity contribution >= 4 is 18.0 Å². The molecule has 0 spiro atoms. The van der Waals surface area contributed by atoms with Crippen LogP contribution in [0.25, 0.3) is 0 Å². The summed E-state index contributed by atoms with van der Waals surface area (Å²) in [5, 5.41) is 4.92. The van der Waals surface area contributed by atoms with Gasteiger partial charge in [-0.05, 0) is 18.1 Å². The molecule has 0 bridgehead atoms. The van der Waals surface area contributed by atoms with Gasteiger partial charge in [-0.1, -0.05) is 60.7 Å². The molecule has 0 aliphatic rings. The van der Waals surface area contributed by atoms with Crippen molar-refractivity contribution < 1.29 is 23.9 Å². The first kappa shape index (κ1) is 20.0. The first-order chi connectivity index (χ1) is 13.1. The number of alkyl carbamates (subject to hydrolysis) is 1. The number of hydrogen-bond acceptors (Lipinski definition) is 5. The van der Waals surface area contributed by atoms with Gasteiger partial charge < -0.3 is 20.1 Å². The first-order valence-corrected chi connectivity index (χ1v) is 8.55. The normalized spacial score (nSPS) is 11.1. The maximum Gasteiger partial charge on any atom is 0.407 e. The third-order valence-corrected chi connectivity index (χ3v) is 3.57. The number of carbonyl (C=O) groups is 3. The quantitative estimate of drug-likeness (QED) is 0.696. The molecule has 2 N–H and O–H groups in total. The van der Waals surface area contributed by atoms with E-state index < -0.39 is 24.0 Å². The van der Waals surface area contributed by atoms with E-state index in [1.165, 1.54) is 0 Å². The summed E-state index contributed by atoms with van der Waals surface area (Å²) < 4.78 is 10.0. The van der Waals surface area contributed by atoms with Crippen molar-refractivity contribution in [2.24, 2.45) is 0 Å². The summed E-state index contributed by atoms with van der Waals surface area (Å²) in [6.07, 6.45) is -0.721. The summed E-state index contributed by atoms with van der Waals surface area (Å²) in [5.74, 6) is -1.10. The second-order valence-electron chi connectivity index (χ2n) is 5.58. The van der Waals surface area contributed by atoms with Crippen LogP contribution >= 0.6 is 0 Å². The Kier molecular flexibility index (Phi) is 7.84. The molecule has 1 unspecified atom stereocenters. The highest BCUT2D eigenvalue weighted by Crippen LogP contribution is 2.14. The Labute approximate surface area is 157 Å². The fraction of sp³-hybridized carbons (Fsp3) is 0.250. The second kappa shape index (κ2) is 10.6. The van der Waals surface area contributed by atoms with Crippen LogP contribution in [0.1, 0.15) is 24.1 Å². The fourth-order valence-corrected chi connectivity index (χ4v) is 2.29. The third kappa shape index (κ3) is 6.81. The van der Waals surface area contributed by atoms with Gasteiger partial charge in [-0.15, -0.1) is 0 Å². The average Bonchev–Trinajstić information content (AvgIpc) is 2.70. The Morgan fingerprint density at radius 1 is 0.926 bits per heavy atom. The molecule has 142 valence electrons. The number of rotatable bonds is 8. The van der Waals surface area contributed by atoms with Gasteiger partial charge in [-0.25, -0.2) is 9.59 Å². The average molecular weight is 370 g/mol. The number of carbonyl (C=O) groups excluding carboxylic acids is 3. The van der Waals surface area contributed by atoms with Crippen molar-refractivity contribution in [2.75, 3.05) is 13.2 Å². The largest absolute Gasteiger partial charge is 0.464 e. The van der Waals surface area contributed by atoms with Crippen LogP contribution in [0.15, 0.2) is 60.7 Å². The smallest absolute Gasteiger partial charge is 0.407 e. The van der Waals surface area contributed by atoms with Crippen molar-refractivity contribution in [2.45, 2.75) is 19.6 Å². The molecule has 7 heteroatoms. The van der Waals surface area contributed by atoms with Gasteiger partial charge >= 0.3 is 12.1 Å². The zero-order chi connectivity index (χ0) is 19.5. The minimum atomic E-state index is -0.944. The molecular formula is C20H22N2O5. The molecule has 7 nitrogen and oxygen atoms in total. The van der Waals surface area contributed by atoms with Gasteiger partial charge in [0.05, 0.1) is 6.61 Å². The molecule has 0 fully saturated rings. The van der Waals surface area contributed by atoms with Crippen LogP contribution < -0.4 is 10.6 Å². The molecule has 2 aromatic rings. The van der Waals surface area contributed by atoms with Gasteiger partial charge in [0.25, 0.3) is 0 Å². The first-order valence-electron chi connectivity index (χ1n) is 8.55. The number of benzene rings is 2. The van der Waals surface area contributed by atoms with Gasteiger partial charge in [0.2, 0.25) is 5.91 Å². The van der Waals surface area contributed by atoms with Crippen LogP contribution in [0.3, 0.4) is 0 Å². The Morgan fingerprint density at radius 2 is 1.56 bits per heavy atom. The fourth-order valence-electron chi connectivity index (χ4n) is 2.29. The van der Waals surface area contributed by atoms with E-state index in [0.29, 0.717) is 5.56 Å². The number of amides is 2. The molecule has 0 radical (unpaired) electrons. The lowest BCUT2D eigenvalue weighted by molar-refractivity contribution is -0.147. The van der Waals surface area contributed by atoms with E-state index in [9.17, 15) is 14.4 Å². The highest BCUT2D eigenvalue weighted by atomic mass is 16.5. The van der Waals surface area contributed by atoms with Crippen LogP contribution in [0, 0.1) is 0 Å². The molecule has 0 heterocycles. The molecule has 0 saturated carbocycles. The minimum absolute atomic E-state index is 0.101. The van der Waals surface area contributed by atoms with Gasteiger partial charge in [0.1, 0.15) is 13.2 Å². The summed E-state index contributed by atoms with van der Waals surface area (Å²) in [6, 6.07) is 17.0. The summed E-state index contributed by atoms with van der Waals surface area (Å²) in [4.78, 5) is 36.0. The Bertz CT molecular complexity index is 749. The van der Waals surface area contributed by atoms with E-state index >= 15 is 0 Å². The molecule has 0 aliphatic carbocycles. The minimum Gasteiger partial charge on any atom is -0.464 e. The van der Waals surface area contributed by atoms with E-state index in [0.717, 1.165) is 5.56 Å². The maximum atomic E-state index is 12.1. The Hall–Kier alpha value is -3.35. The molecule has 1 atom stereocenters. The van der Waals surface area contributed by atoms with Crippen LogP contribution in [-0.2, 0) is 25.7 Å². The Balaban J connectivity index is 1.84. The van der Waals surface area contributed by atoms with Crippen molar-refractivity contribution in [1.29, 1.82) is 0 Å². The molecule has 0 saturated heterocycles. The lowest BCUT2D eigenvalue weighted by atomic mass is 10.1. The molecule has 0 aromatic heterocycles. The molecular weight excluding hydrogens is 348 g/mol. The molecule has 2 aromatic carbocycles. The third-order valence-electron chi connectivity index (χ3n) is 3.57. The molecule has 2 rings (SSSR count). The van der Waals surface area contributed by atoms with E-state index in [1.54, 1.807) is 37.3 Å². The van der Waals surface area contributed by atoms with Crippen LogP contribution in [-0.4, -0.2) is 31.1 Å². The zero-order valence-electron chi connectivity index (χ0n) is 15.0. The van der Waals surface area contributed by atoms with Gasteiger partial charge in [-0.3, -0.25) is 4.79 Å². The summed E-state index contributed by atoms with van der Waals surface area (Å²) in [7, 11) is 0. The lowest BCUT2D eigenvalue weighted by Gasteiger charge is -2.17. The van der Waals surface area contributed by atoms with Crippen LogP contribution in [0.5, 0.6) is 0 Å². The maximum absolute atomic E-state index is 12.1. The summed E-state index contributed by atoms with van der Waals surface area (Å²) in [5.41, 5.74) is 1.43. The molecule has 0 aliphatic heterocycles. The summed E-state index contributed by atoms with van der Waals surface area (Å²) >= 11 is 0. The van der Waals surface area contributed by atoms with Crippen molar-refractivity contribution in [3.05, 3.63) is 71.8 Å². The zero-order valence-corrected chi connectivity index (χ0v) is 15.0. The highest BCUT2D eigenvalue weighted by molar-refractivity contribution is 5.88. The number of hydrogen-bond donors (Lipinski definition) is 2. The van der Waals surface area contributed by atoms with E-state index in [4.69, 9.17) is 9.47 Å². The highest BCUT2D eigenvalue weighted by Gasteiger charge is 2.24. The monoisotopic (exact) mass is 370 g/mol. The summed E-state index contributed by atoms with van der Waals surface area (Å²) in [6.45, 7) is 1.66. The van der Waals surface area contributed by atoms with Gasteiger partial charge in [0.15, 0.2) is 6.04 Å². The van der Waals surface area contributed by atoms with Crippen molar-refractivity contribution in [1.82, 2.24) is 10.6 Å². The predicted octanol–water partition coefficient (Wildman–Crippen LogP) is 2.33. The van der Waals surface area contributed by atoms with Crippen molar-refractivity contribution in [3.63, 3.8) is 0 Å². The second-order valence-corrected chi connectivity index (χ2v) is 5.58. The lowest BCUT2D eigenvalue weighted by Crippen LogP contribution is -2.41. The van der Waals surface area contributed by atoms with Gasteiger partial charge in [0, 0.05) is 0 Å². The van der Waals surface area contributed by atoms with E-state index in [-0.39, 0.29) is 19.8 Å². The molecule has 27 heavy (non-hydrogen) atoms. The topological polar surface area (TPSA) is 93.7 Å². The predicted molar refractivity (Wildman–Crippen MR) is 98.6 cm³/mol. The number of nitrogens with one attached hydrogen (secondary N) is 2. The standard InChI is InChI=1S/C20H22N2O5/c1-2-26-19(24)18(16-11-7-4-8-12-16)22-17(23)13-21-20(25)27-14-15-9-5-3-6-10-15/h3-12,18H,2,13-14H2,1H3,(H,21,25)(H,22,23).